The molecule has 2 aromatic rings. The zero-order chi connectivity index (χ0) is 16.1. The molecule has 0 aliphatic carbocycles. The summed E-state index contributed by atoms with van der Waals surface area (Å²) in [5.74, 6) is -0.0110. The van der Waals surface area contributed by atoms with E-state index < -0.39 is 5.41 Å². The molecule has 6 nitrogen and oxygen atoms in total. The van der Waals surface area contributed by atoms with E-state index in [9.17, 15) is 4.79 Å². The fourth-order valence-electron chi connectivity index (χ4n) is 2.82. The molecule has 122 valence electrons. The molecule has 1 aromatic carbocycles. The van der Waals surface area contributed by atoms with Gasteiger partial charge in [-0.25, -0.2) is 0 Å². The van der Waals surface area contributed by atoms with E-state index >= 15 is 0 Å². The van der Waals surface area contributed by atoms with Crippen molar-refractivity contribution in [3.63, 3.8) is 0 Å². The van der Waals surface area contributed by atoms with Gasteiger partial charge in [0.2, 0.25) is 5.91 Å². The van der Waals surface area contributed by atoms with E-state index in [-0.39, 0.29) is 5.91 Å². The third kappa shape index (κ3) is 3.60. The highest BCUT2D eigenvalue weighted by Crippen LogP contribution is 2.30. The molecule has 0 unspecified atom stereocenters. The Morgan fingerprint density at radius 2 is 2.04 bits per heavy atom. The summed E-state index contributed by atoms with van der Waals surface area (Å²) in [7, 11) is 0. The minimum absolute atomic E-state index is 0.0110. The molecule has 1 aromatic heterocycles. The van der Waals surface area contributed by atoms with Crippen LogP contribution in [0.15, 0.2) is 42.7 Å². The molecule has 1 aliphatic rings. The van der Waals surface area contributed by atoms with Crippen LogP contribution in [0.1, 0.15) is 18.4 Å². The van der Waals surface area contributed by atoms with Gasteiger partial charge in [0.05, 0.1) is 12.0 Å². The van der Waals surface area contributed by atoms with E-state index in [4.69, 9.17) is 10.5 Å². The van der Waals surface area contributed by atoms with Gasteiger partial charge in [0.15, 0.2) is 0 Å². The predicted molar refractivity (Wildman–Crippen MR) is 87.9 cm³/mol. The number of benzene rings is 1. The summed E-state index contributed by atoms with van der Waals surface area (Å²) in [5.41, 5.74) is 7.28. The van der Waals surface area contributed by atoms with Crippen molar-refractivity contribution in [1.82, 2.24) is 9.78 Å². The SMILES string of the molecule is NCC1(C(=O)Nc2ccc(Cn3cccn3)cc2)CCOCC1. The second-order valence-corrected chi connectivity index (χ2v) is 5.95. The number of nitrogens with two attached hydrogens (primary N) is 1. The van der Waals surface area contributed by atoms with Crippen molar-refractivity contribution in [2.75, 3.05) is 25.1 Å². The highest BCUT2D eigenvalue weighted by Gasteiger charge is 2.38. The topological polar surface area (TPSA) is 82.2 Å². The van der Waals surface area contributed by atoms with Crippen LogP contribution in [0, 0.1) is 5.41 Å². The molecule has 3 N–H and O–H groups in total. The van der Waals surface area contributed by atoms with E-state index in [2.05, 4.69) is 10.4 Å². The summed E-state index contributed by atoms with van der Waals surface area (Å²) in [6, 6.07) is 9.72. The minimum atomic E-state index is -0.508. The molecule has 6 heteroatoms. The molecular formula is C17H22N4O2. The number of nitrogens with one attached hydrogen (secondary N) is 1. The third-order valence-corrected chi connectivity index (χ3v) is 4.44. The maximum atomic E-state index is 12.6. The first-order valence-corrected chi connectivity index (χ1v) is 7.87. The van der Waals surface area contributed by atoms with Crippen LogP contribution in [0.5, 0.6) is 0 Å². The number of carbonyl (C=O) groups excluding carboxylic acids is 1. The zero-order valence-corrected chi connectivity index (χ0v) is 13.1. The van der Waals surface area contributed by atoms with Crippen molar-refractivity contribution in [3.05, 3.63) is 48.3 Å². The van der Waals surface area contributed by atoms with Crippen LogP contribution in [0.2, 0.25) is 0 Å². The van der Waals surface area contributed by atoms with Gasteiger partial charge in [0, 0.05) is 37.8 Å². The van der Waals surface area contributed by atoms with E-state index in [0.29, 0.717) is 39.1 Å². The third-order valence-electron chi connectivity index (χ3n) is 4.44. The van der Waals surface area contributed by atoms with Crippen LogP contribution < -0.4 is 11.1 Å². The standard InChI is InChI=1S/C17H22N4O2/c18-13-17(6-10-23-11-7-17)16(22)20-15-4-2-14(3-5-15)12-21-9-1-8-19-21/h1-5,8-9H,6-7,10-13,18H2,(H,20,22). The molecule has 1 amide bonds. The molecule has 2 heterocycles. The van der Waals surface area contributed by atoms with Gasteiger partial charge in [-0.1, -0.05) is 12.1 Å². The molecule has 1 fully saturated rings. The number of anilines is 1. The number of amides is 1. The van der Waals surface area contributed by atoms with E-state index in [1.807, 2.05) is 41.2 Å². The van der Waals surface area contributed by atoms with Crippen molar-refractivity contribution in [2.24, 2.45) is 11.1 Å². The number of hydrogen-bond acceptors (Lipinski definition) is 4. The van der Waals surface area contributed by atoms with E-state index in [1.165, 1.54) is 0 Å². The Labute approximate surface area is 135 Å². The molecule has 0 spiro atoms. The van der Waals surface area contributed by atoms with Crippen LogP contribution in [-0.4, -0.2) is 35.4 Å². The van der Waals surface area contributed by atoms with E-state index in [1.54, 1.807) is 6.20 Å². The van der Waals surface area contributed by atoms with Gasteiger partial charge in [-0.05, 0) is 36.6 Å². The van der Waals surface area contributed by atoms with E-state index in [0.717, 1.165) is 11.3 Å². The summed E-state index contributed by atoms with van der Waals surface area (Å²) < 4.78 is 7.21. The lowest BCUT2D eigenvalue weighted by Gasteiger charge is -2.34. The first-order chi connectivity index (χ1) is 11.2. The summed E-state index contributed by atoms with van der Waals surface area (Å²) in [5, 5.41) is 7.18. The maximum absolute atomic E-state index is 12.6. The van der Waals surface area contributed by atoms with Crippen molar-refractivity contribution >= 4 is 11.6 Å². The fourth-order valence-corrected chi connectivity index (χ4v) is 2.82. The minimum Gasteiger partial charge on any atom is -0.381 e. The Balaban J connectivity index is 1.64. The predicted octanol–water partition coefficient (Wildman–Crippen LogP) is 1.63. The second kappa shape index (κ2) is 6.93. The van der Waals surface area contributed by atoms with Crippen LogP contribution in [0.25, 0.3) is 0 Å². The summed E-state index contributed by atoms with van der Waals surface area (Å²) in [4.78, 5) is 12.6. The summed E-state index contributed by atoms with van der Waals surface area (Å²) in [6.07, 6.45) is 5.03. The van der Waals surface area contributed by atoms with Crippen molar-refractivity contribution in [1.29, 1.82) is 0 Å². The maximum Gasteiger partial charge on any atom is 0.232 e. The van der Waals surface area contributed by atoms with Gasteiger partial charge in [-0.3, -0.25) is 9.48 Å². The van der Waals surface area contributed by atoms with Gasteiger partial charge < -0.3 is 15.8 Å². The monoisotopic (exact) mass is 314 g/mol. The molecule has 0 radical (unpaired) electrons. The van der Waals surface area contributed by atoms with Gasteiger partial charge in [0.1, 0.15) is 0 Å². The zero-order valence-electron chi connectivity index (χ0n) is 13.1. The van der Waals surface area contributed by atoms with Gasteiger partial charge in [-0.2, -0.15) is 5.10 Å². The highest BCUT2D eigenvalue weighted by molar-refractivity contribution is 5.95. The molecule has 23 heavy (non-hydrogen) atoms. The Morgan fingerprint density at radius 1 is 1.30 bits per heavy atom. The normalized spacial score (nSPS) is 16.9. The number of aromatic nitrogens is 2. The van der Waals surface area contributed by atoms with Crippen LogP contribution in [0.4, 0.5) is 5.69 Å². The summed E-state index contributed by atoms with van der Waals surface area (Å²) in [6.45, 7) is 2.24. The largest absolute Gasteiger partial charge is 0.381 e. The lowest BCUT2D eigenvalue weighted by molar-refractivity contribution is -0.130. The molecule has 1 saturated heterocycles. The Morgan fingerprint density at radius 3 is 2.65 bits per heavy atom. The van der Waals surface area contributed by atoms with Gasteiger partial charge >= 0.3 is 0 Å². The van der Waals surface area contributed by atoms with Crippen molar-refractivity contribution in [2.45, 2.75) is 19.4 Å². The average Bonchev–Trinajstić information content (AvgIpc) is 3.10. The van der Waals surface area contributed by atoms with Crippen molar-refractivity contribution < 1.29 is 9.53 Å². The fraction of sp³-hybridized carbons (Fsp3) is 0.412. The number of rotatable bonds is 5. The Kier molecular flexibility index (Phi) is 4.73. The smallest absolute Gasteiger partial charge is 0.232 e. The van der Waals surface area contributed by atoms with Crippen molar-refractivity contribution in [3.8, 4) is 0 Å². The Hall–Kier alpha value is -2.18. The van der Waals surface area contributed by atoms with Gasteiger partial charge in [-0.15, -0.1) is 0 Å². The molecule has 0 saturated carbocycles. The molecule has 3 rings (SSSR count). The number of ether oxygens (including phenoxy) is 1. The average molecular weight is 314 g/mol. The Bertz CT molecular complexity index is 631. The van der Waals surface area contributed by atoms with Crippen LogP contribution in [0.3, 0.4) is 0 Å². The number of hydrogen-bond donors (Lipinski definition) is 2. The van der Waals surface area contributed by atoms with Gasteiger partial charge in [0.25, 0.3) is 0 Å². The molecule has 0 atom stereocenters. The number of carbonyl (C=O) groups is 1. The van der Waals surface area contributed by atoms with Crippen LogP contribution in [-0.2, 0) is 16.1 Å². The highest BCUT2D eigenvalue weighted by atomic mass is 16.5. The molecule has 1 aliphatic heterocycles. The quantitative estimate of drug-likeness (QED) is 0.879. The molecule has 0 bridgehead atoms. The first kappa shape index (κ1) is 15.7. The lowest BCUT2D eigenvalue weighted by atomic mass is 9.79. The second-order valence-electron chi connectivity index (χ2n) is 5.95. The number of nitrogens with zero attached hydrogens (tertiary/aromatic N) is 2. The first-order valence-electron chi connectivity index (χ1n) is 7.87. The van der Waals surface area contributed by atoms with Crippen LogP contribution >= 0.6 is 0 Å². The lowest BCUT2D eigenvalue weighted by Crippen LogP contribution is -2.46. The summed E-state index contributed by atoms with van der Waals surface area (Å²) >= 11 is 0. The molecular weight excluding hydrogens is 292 g/mol.